The van der Waals surface area contributed by atoms with E-state index < -0.39 is 0 Å². The fourth-order valence-corrected chi connectivity index (χ4v) is 3.89. The van der Waals surface area contributed by atoms with Crippen molar-refractivity contribution >= 4 is 16.8 Å². The molecule has 0 radical (unpaired) electrons. The van der Waals surface area contributed by atoms with E-state index in [9.17, 15) is 4.79 Å². The van der Waals surface area contributed by atoms with Gasteiger partial charge in [0.1, 0.15) is 0 Å². The first-order valence-corrected chi connectivity index (χ1v) is 12.9. The molecule has 0 aliphatic heterocycles. The lowest BCUT2D eigenvalue weighted by molar-refractivity contribution is -0.120. The molecule has 1 amide bonds. The molecular formula is C26H46N6O. The first-order valence-electron chi connectivity index (χ1n) is 12.9. The van der Waals surface area contributed by atoms with Crippen LogP contribution in [-0.4, -0.2) is 63.2 Å². The highest BCUT2D eigenvalue weighted by atomic mass is 16.1. The number of aromatic amines is 1. The maximum atomic E-state index is 12.2. The van der Waals surface area contributed by atoms with E-state index in [1.807, 2.05) is 24.4 Å². The third-order valence-electron chi connectivity index (χ3n) is 5.85. The Morgan fingerprint density at radius 2 is 1.24 bits per heavy atom. The quantitative estimate of drug-likeness (QED) is 0.161. The largest absolute Gasteiger partial charge is 0.361 e. The number of para-hydroxylation sites is 1. The lowest BCUT2D eigenvalue weighted by Gasteiger charge is -2.08. The maximum absolute atomic E-state index is 12.2. The second-order valence-electron chi connectivity index (χ2n) is 8.75. The zero-order chi connectivity index (χ0) is 23.4. The molecule has 1 aromatic heterocycles. The number of nitrogens with one attached hydrogen (secondary N) is 5. The lowest BCUT2D eigenvalue weighted by atomic mass is 10.1. The van der Waals surface area contributed by atoms with E-state index in [-0.39, 0.29) is 5.91 Å². The van der Waals surface area contributed by atoms with Gasteiger partial charge in [0.2, 0.25) is 5.91 Å². The van der Waals surface area contributed by atoms with E-state index in [1.165, 1.54) is 32.1 Å². The molecule has 0 spiro atoms. The van der Waals surface area contributed by atoms with Crippen LogP contribution in [0.25, 0.3) is 10.9 Å². The van der Waals surface area contributed by atoms with E-state index >= 15 is 0 Å². The van der Waals surface area contributed by atoms with Gasteiger partial charge in [0.15, 0.2) is 0 Å². The van der Waals surface area contributed by atoms with Crippen LogP contribution in [0, 0.1) is 0 Å². The third kappa shape index (κ3) is 12.8. The molecule has 186 valence electrons. The van der Waals surface area contributed by atoms with Crippen LogP contribution >= 0.6 is 0 Å². The molecule has 7 N–H and O–H groups in total. The molecule has 0 fully saturated rings. The number of unbranched alkanes of at least 4 members (excludes halogenated alkanes) is 4. The first kappa shape index (κ1) is 27.3. The molecule has 0 saturated heterocycles. The average Bonchev–Trinajstić information content (AvgIpc) is 3.23. The molecule has 0 saturated carbocycles. The monoisotopic (exact) mass is 458 g/mol. The summed E-state index contributed by atoms with van der Waals surface area (Å²) in [5.74, 6) is 0.0963. The van der Waals surface area contributed by atoms with Crippen LogP contribution in [0.1, 0.15) is 56.9 Å². The Morgan fingerprint density at radius 3 is 1.82 bits per heavy atom. The van der Waals surface area contributed by atoms with Crippen LogP contribution in [0.2, 0.25) is 0 Å². The second-order valence-corrected chi connectivity index (χ2v) is 8.75. The molecule has 33 heavy (non-hydrogen) atoms. The molecule has 0 atom stereocenters. The topological polar surface area (TPSA) is 107 Å². The van der Waals surface area contributed by atoms with Crippen molar-refractivity contribution in [3.05, 3.63) is 36.0 Å². The summed E-state index contributed by atoms with van der Waals surface area (Å²) >= 11 is 0. The van der Waals surface area contributed by atoms with Gasteiger partial charge in [-0.2, -0.15) is 0 Å². The number of fused-ring (bicyclic) bond motifs is 1. The normalized spacial score (nSPS) is 11.3. The Balaban J connectivity index is 1.30. The predicted molar refractivity (Wildman–Crippen MR) is 140 cm³/mol. The van der Waals surface area contributed by atoms with Crippen LogP contribution in [0.4, 0.5) is 0 Å². The number of H-pyrrole nitrogens is 1. The summed E-state index contributed by atoms with van der Waals surface area (Å²) in [6, 6.07) is 8.10. The molecule has 7 heteroatoms. The van der Waals surface area contributed by atoms with Gasteiger partial charge < -0.3 is 32.0 Å². The summed E-state index contributed by atoms with van der Waals surface area (Å²) in [6.07, 6.45) is 11.7. The smallest absolute Gasteiger partial charge is 0.224 e. The third-order valence-corrected chi connectivity index (χ3v) is 5.85. The highest BCUT2D eigenvalue weighted by Gasteiger charge is 2.07. The van der Waals surface area contributed by atoms with E-state index in [2.05, 4.69) is 32.3 Å². The highest BCUT2D eigenvalue weighted by molar-refractivity contribution is 5.88. The highest BCUT2D eigenvalue weighted by Crippen LogP contribution is 2.17. The van der Waals surface area contributed by atoms with Crippen LogP contribution in [0.5, 0.6) is 0 Å². The van der Waals surface area contributed by atoms with E-state index in [4.69, 9.17) is 5.73 Å². The summed E-state index contributed by atoms with van der Waals surface area (Å²) in [7, 11) is 0. The van der Waals surface area contributed by atoms with Gasteiger partial charge in [-0.05, 0) is 109 Å². The number of hydrogen-bond donors (Lipinski definition) is 6. The minimum absolute atomic E-state index is 0.0963. The number of carbonyl (C=O) groups excluding carboxylic acids is 1. The summed E-state index contributed by atoms with van der Waals surface area (Å²) in [6.45, 7) is 8.07. The molecule has 0 bridgehead atoms. The summed E-state index contributed by atoms with van der Waals surface area (Å²) < 4.78 is 0. The number of benzene rings is 1. The number of aromatic nitrogens is 1. The van der Waals surface area contributed by atoms with Crippen LogP contribution in [-0.2, 0) is 11.2 Å². The summed E-state index contributed by atoms with van der Waals surface area (Å²) in [5, 5.41) is 14.7. The van der Waals surface area contributed by atoms with Crippen molar-refractivity contribution in [1.82, 2.24) is 26.3 Å². The van der Waals surface area contributed by atoms with E-state index in [0.29, 0.717) is 6.42 Å². The number of carbonyl (C=O) groups is 1. The van der Waals surface area contributed by atoms with Gasteiger partial charge in [-0.15, -0.1) is 0 Å². The molecule has 1 heterocycles. The first-order chi connectivity index (χ1) is 16.3. The Kier molecular flexibility index (Phi) is 15.3. The van der Waals surface area contributed by atoms with Crippen molar-refractivity contribution in [2.45, 2.75) is 57.8 Å². The lowest BCUT2D eigenvalue weighted by Crippen LogP contribution is -2.27. The molecule has 2 aromatic rings. The second kappa shape index (κ2) is 18.5. The number of nitrogens with two attached hydrogens (primary N) is 1. The molecule has 1 aromatic carbocycles. The van der Waals surface area contributed by atoms with Gasteiger partial charge in [-0.1, -0.05) is 18.2 Å². The van der Waals surface area contributed by atoms with Gasteiger partial charge >= 0.3 is 0 Å². The van der Waals surface area contributed by atoms with Crippen molar-refractivity contribution in [3.8, 4) is 0 Å². The Bertz CT molecular complexity index is 747. The SMILES string of the molecule is NCCCCNCCCCNCCCCNCCCCNC(=O)Cc1c[nH]c2ccccc12. The van der Waals surface area contributed by atoms with E-state index in [1.54, 1.807) is 0 Å². The molecule has 0 aliphatic carbocycles. The summed E-state index contributed by atoms with van der Waals surface area (Å²) in [4.78, 5) is 15.4. The zero-order valence-electron chi connectivity index (χ0n) is 20.4. The van der Waals surface area contributed by atoms with Gasteiger partial charge in [0, 0.05) is 23.6 Å². The van der Waals surface area contributed by atoms with Crippen molar-refractivity contribution < 1.29 is 4.79 Å². The Labute approximate surface area is 200 Å². The number of amides is 1. The summed E-state index contributed by atoms with van der Waals surface area (Å²) in [5.41, 5.74) is 7.63. The van der Waals surface area contributed by atoms with Gasteiger partial charge in [-0.3, -0.25) is 4.79 Å². The fraction of sp³-hybridized carbons (Fsp3) is 0.654. The number of hydrogen-bond acceptors (Lipinski definition) is 5. The van der Waals surface area contributed by atoms with Gasteiger partial charge in [0.25, 0.3) is 0 Å². The Morgan fingerprint density at radius 1 is 0.727 bits per heavy atom. The zero-order valence-corrected chi connectivity index (χ0v) is 20.4. The van der Waals surface area contributed by atoms with Crippen LogP contribution in [0.15, 0.2) is 30.5 Å². The average molecular weight is 459 g/mol. The molecule has 0 aliphatic rings. The van der Waals surface area contributed by atoms with Crippen molar-refractivity contribution in [2.24, 2.45) is 5.73 Å². The standard InChI is InChI=1S/C26H46N6O/c27-13-3-4-14-28-15-5-6-16-29-17-7-8-18-30-19-9-10-20-31-26(33)21-23-22-32-25-12-2-1-11-24(23)25/h1-2,11-12,22,28-30,32H,3-10,13-21,27H2,(H,31,33). The van der Waals surface area contributed by atoms with Crippen molar-refractivity contribution in [1.29, 1.82) is 0 Å². The van der Waals surface area contributed by atoms with Gasteiger partial charge in [0.05, 0.1) is 6.42 Å². The molecule has 0 unspecified atom stereocenters. The minimum atomic E-state index is 0.0963. The fourth-order valence-electron chi connectivity index (χ4n) is 3.89. The molecule has 2 rings (SSSR count). The minimum Gasteiger partial charge on any atom is -0.361 e. The van der Waals surface area contributed by atoms with Crippen LogP contribution < -0.4 is 27.0 Å². The molecule has 7 nitrogen and oxygen atoms in total. The van der Waals surface area contributed by atoms with Crippen molar-refractivity contribution in [3.63, 3.8) is 0 Å². The predicted octanol–water partition coefficient (Wildman–Crippen LogP) is 2.67. The van der Waals surface area contributed by atoms with Crippen molar-refractivity contribution in [2.75, 3.05) is 52.4 Å². The van der Waals surface area contributed by atoms with E-state index in [0.717, 1.165) is 88.1 Å². The Hall–Kier alpha value is -1.93. The van der Waals surface area contributed by atoms with Crippen LogP contribution in [0.3, 0.4) is 0 Å². The number of rotatable bonds is 21. The van der Waals surface area contributed by atoms with Gasteiger partial charge in [-0.25, -0.2) is 0 Å². The molecular weight excluding hydrogens is 412 g/mol. The maximum Gasteiger partial charge on any atom is 0.224 e.